The fourth-order valence-electron chi connectivity index (χ4n) is 11.8. The predicted molar refractivity (Wildman–Crippen MR) is 396 cm³/mol. The first-order chi connectivity index (χ1) is 47.1. The monoisotopic (exact) mass is 1350 g/mol. The minimum absolute atomic E-state index is 0.247. The molecule has 12 unspecified atom stereocenters. The van der Waals surface area contributed by atoms with Crippen LogP contribution in [0, 0.1) is 0 Å². The number of aliphatic hydroxyl groups is 8. The Bertz CT molecular complexity index is 2130. The Hall–Kier alpha value is -3.87. The zero-order chi connectivity index (χ0) is 69.4. The molecular weight excluding hydrogens is 1210 g/mol. The first-order valence-electron chi connectivity index (χ1n) is 38.4. The molecule has 2 rings (SSSR count). The molecule has 14 heteroatoms. The van der Waals surface area contributed by atoms with Crippen molar-refractivity contribution >= 4 is 5.91 Å². The number of amides is 1. The number of allylic oxidation sites excluding steroid dienone is 21. The van der Waals surface area contributed by atoms with E-state index < -0.39 is 86.8 Å². The van der Waals surface area contributed by atoms with Crippen LogP contribution < -0.4 is 5.32 Å². The summed E-state index contributed by atoms with van der Waals surface area (Å²) in [5, 5.41) is 87.6. The highest BCUT2D eigenvalue weighted by molar-refractivity contribution is 5.76. The molecule has 9 N–H and O–H groups in total. The number of hydrogen-bond acceptors (Lipinski definition) is 13. The van der Waals surface area contributed by atoms with Crippen LogP contribution in [-0.4, -0.2) is 140 Å². The van der Waals surface area contributed by atoms with Gasteiger partial charge in [-0.2, -0.15) is 0 Å². The fourth-order valence-corrected chi connectivity index (χ4v) is 11.8. The molecule has 96 heavy (non-hydrogen) atoms. The number of hydrogen-bond donors (Lipinski definition) is 9. The van der Waals surface area contributed by atoms with Gasteiger partial charge in [0.25, 0.3) is 0 Å². The summed E-state index contributed by atoms with van der Waals surface area (Å²) in [7, 11) is 0. The highest BCUT2D eigenvalue weighted by Crippen LogP contribution is 2.30. The maximum Gasteiger partial charge on any atom is 0.220 e. The molecule has 2 fully saturated rings. The van der Waals surface area contributed by atoms with Crippen LogP contribution in [0.15, 0.2) is 134 Å². The fraction of sp³-hybridized carbons (Fsp3) is 0.720. The molecule has 0 bridgehead atoms. The molecule has 0 radical (unpaired) electrons. The van der Waals surface area contributed by atoms with Crippen molar-refractivity contribution in [3.8, 4) is 0 Å². The third-order valence-corrected chi connectivity index (χ3v) is 17.8. The van der Waals surface area contributed by atoms with E-state index in [1.807, 2.05) is 6.08 Å². The quantitative estimate of drug-likeness (QED) is 0.0204. The molecule has 0 aromatic carbocycles. The number of rotatable bonds is 62. The number of ether oxygens (including phenoxy) is 4. The summed E-state index contributed by atoms with van der Waals surface area (Å²) in [5.74, 6) is -0.247. The maximum atomic E-state index is 13.4. The Balaban J connectivity index is 1.63. The van der Waals surface area contributed by atoms with Crippen LogP contribution in [0.5, 0.6) is 0 Å². The van der Waals surface area contributed by atoms with E-state index in [2.05, 4.69) is 141 Å². The van der Waals surface area contributed by atoms with E-state index in [1.165, 1.54) is 148 Å². The van der Waals surface area contributed by atoms with Gasteiger partial charge in [-0.3, -0.25) is 4.79 Å². The van der Waals surface area contributed by atoms with Gasteiger partial charge in [-0.25, -0.2) is 0 Å². The van der Waals surface area contributed by atoms with Crippen molar-refractivity contribution in [3.05, 3.63) is 134 Å². The van der Waals surface area contributed by atoms with Gasteiger partial charge in [0, 0.05) is 6.42 Å². The van der Waals surface area contributed by atoms with Crippen LogP contribution in [0.3, 0.4) is 0 Å². The molecule has 2 aliphatic heterocycles. The summed E-state index contributed by atoms with van der Waals surface area (Å²) in [6.07, 6.45) is 79.3. The summed E-state index contributed by atoms with van der Waals surface area (Å²) in [6, 6.07) is -0.927. The number of nitrogens with one attached hydrogen (secondary N) is 1. The molecular formula is C82H139NO13. The van der Waals surface area contributed by atoms with Crippen molar-refractivity contribution in [3.63, 3.8) is 0 Å². The topological polar surface area (TPSA) is 228 Å². The van der Waals surface area contributed by atoms with Gasteiger partial charge in [-0.1, -0.05) is 314 Å². The maximum absolute atomic E-state index is 13.4. The van der Waals surface area contributed by atoms with Crippen molar-refractivity contribution in [2.24, 2.45) is 0 Å². The standard InChI is InChI=1S/C82H139NO13/c1-3-5-7-9-11-13-15-17-19-21-23-25-26-27-28-29-30-31-32-33-34-35-36-37-38-39-40-41-42-43-44-46-48-50-52-54-56-58-60-62-64-66-74(87)83-70(71(86)65-63-61-59-57-55-53-51-49-47-45-24-22-20-18-16-14-12-10-8-6-4-2)69-93-81-79(92)77(90)80(73(68-85)95-81)96-82-78(91)76(89)75(88)72(67-84)94-82/h5,7,11,13,17,19,23,25,27-28,30-31,33-34,36-37,39-40,42-43,63,65,70-73,75-82,84-86,88-92H,3-4,6,8-10,12,14-16,18,20-22,24,26,29,32,35,38,41,44-62,64,66-69H2,1-2H3,(H,83,87)/b7-5-,13-11-,19-17-,25-23-,28-27-,31-30-,34-33-,37-36-,40-39-,43-42-,65-63+. The van der Waals surface area contributed by atoms with Crippen LogP contribution in [0.2, 0.25) is 0 Å². The second kappa shape index (κ2) is 64.5. The van der Waals surface area contributed by atoms with Gasteiger partial charge in [0.05, 0.1) is 32.0 Å². The molecule has 1 amide bonds. The Labute approximate surface area is 583 Å². The third-order valence-electron chi connectivity index (χ3n) is 17.8. The van der Waals surface area contributed by atoms with Crippen LogP contribution in [-0.2, 0) is 23.7 Å². The molecule has 2 saturated heterocycles. The van der Waals surface area contributed by atoms with E-state index in [9.17, 15) is 45.6 Å². The van der Waals surface area contributed by atoms with Crippen molar-refractivity contribution in [2.45, 2.75) is 357 Å². The van der Waals surface area contributed by atoms with E-state index in [0.717, 1.165) is 109 Å². The number of unbranched alkanes of at least 4 members (excludes halogenated alkanes) is 29. The lowest BCUT2D eigenvalue weighted by Crippen LogP contribution is -2.65. The lowest BCUT2D eigenvalue weighted by atomic mass is 9.97. The van der Waals surface area contributed by atoms with Crippen molar-refractivity contribution in [2.75, 3.05) is 19.8 Å². The molecule has 14 nitrogen and oxygen atoms in total. The number of carbonyl (C=O) groups excluding carboxylic acids is 1. The Morgan fingerprint density at radius 2 is 0.719 bits per heavy atom. The highest BCUT2D eigenvalue weighted by Gasteiger charge is 2.51. The van der Waals surface area contributed by atoms with Crippen molar-refractivity contribution in [1.82, 2.24) is 5.32 Å². The molecule has 0 aromatic heterocycles. The number of aliphatic hydroxyl groups excluding tert-OH is 8. The normalized spacial score (nSPS) is 23.0. The molecule has 12 atom stereocenters. The van der Waals surface area contributed by atoms with Gasteiger partial charge in [-0.15, -0.1) is 0 Å². The molecule has 0 aliphatic carbocycles. The smallest absolute Gasteiger partial charge is 0.220 e. The summed E-state index contributed by atoms with van der Waals surface area (Å²) in [5.41, 5.74) is 0. The Morgan fingerprint density at radius 3 is 1.10 bits per heavy atom. The SMILES string of the molecule is CC/C=C\C/C=C\C/C=C\C/C=C\C/C=C\C/C=C\C/C=C\C/C=C\C/C=C\C/C=C\CCCCCCCCCCCCC(=O)NC(COC1OC(CO)C(OC2OC(CO)C(O)C(O)C2O)C(O)C1O)C(O)/C=C/CCCCCCCCCCCCCCCCCCCCC. The summed E-state index contributed by atoms with van der Waals surface area (Å²) >= 11 is 0. The van der Waals surface area contributed by atoms with Crippen LogP contribution >= 0.6 is 0 Å². The second-order valence-electron chi connectivity index (χ2n) is 26.4. The summed E-state index contributed by atoms with van der Waals surface area (Å²) < 4.78 is 22.9. The molecule has 0 saturated carbocycles. The highest BCUT2D eigenvalue weighted by atomic mass is 16.7. The minimum atomic E-state index is -1.79. The first kappa shape index (κ1) is 88.2. The third kappa shape index (κ3) is 47.2. The first-order valence-corrected chi connectivity index (χ1v) is 38.4. The average Bonchev–Trinajstić information content (AvgIpc) is 0.807. The second-order valence-corrected chi connectivity index (χ2v) is 26.4. The van der Waals surface area contributed by atoms with Gasteiger partial charge in [-0.05, 0) is 96.3 Å². The molecule has 0 aromatic rings. The number of carbonyl (C=O) groups is 1. The lowest BCUT2D eigenvalue weighted by molar-refractivity contribution is -0.359. The van der Waals surface area contributed by atoms with Gasteiger partial charge >= 0.3 is 0 Å². The van der Waals surface area contributed by atoms with Gasteiger partial charge < -0.3 is 65.1 Å². The zero-order valence-electron chi connectivity index (χ0n) is 60.1. The van der Waals surface area contributed by atoms with Gasteiger partial charge in [0.1, 0.15) is 48.8 Å². The van der Waals surface area contributed by atoms with Crippen LogP contribution in [0.25, 0.3) is 0 Å². The van der Waals surface area contributed by atoms with Crippen molar-refractivity contribution in [1.29, 1.82) is 0 Å². The van der Waals surface area contributed by atoms with E-state index >= 15 is 0 Å². The summed E-state index contributed by atoms with van der Waals surface area (Å²) in [4.78, 5) is 13.4. The van der Waals surface area contributed by atoms with E-state index in [-0.39, 0.29) is 18.9 Å². The van der Waals surface area contributed by atoms with Crippen LogP contribution in [0.1, 0.15) is 284 Å². The Kier molecular flexibility index (Phi) is 59.3. The largest absolute Gasteiger partial charge is 0.394 e. The summed E-state index contributed by atoms with van der Waals surface area (Å²) in [6.45, 7) is 2.70. The zero-order valence-corrected chi connectivity index (χ0v) is 60.1. The molecule has 2 aliphatic rings. The average molecular weight is 1350 g/mol. The van der Waals surface area contributed by atoms with Gasteiger partial charge in [0.2, 0.25) is 5.91 Å². The molecule has 0 spiro atoms. The van der Waals surface area contributed by atoms with Gasteiger partial charge in [0.15, 0.2) is 12.6 Å². The van der Waals surface area contributed by atoms with Crippen LogP contribution in [0.4, 0.5) is 0 Å². The molecule has 550 valence electrons. The Morgan fingerprint density at radius 1 is 0.385 bits per heavy atom. The van der Waals surface area contributed by atoms with E-state index in [4.69, 9.17) is 18.9 Å². The molecule has 2 heterocycles. The predicted octanol–water partition coefficient (Wildman–Crippen LogP) is 17.0. The van der Waals surface area contributed by atoms with E-state index in [0.29, 0.717) is 6.42 Å². The minimum Gasteiger partial charge on any atom is -0.394 e. The van der Waals surface area contributed by atoms with E-state index in [1.54, 1.807) is 6.08 Å². The van der Waals surface area contributed by atoms with Crippen molar-refractivity contribution < 1.29 is 64.6 Å². The lowest BCUT2D eigenvalue weighted by Gasteiger charge is -2.46.